The quantitative estimate of drug-likeness (QED) is 0.580. The first-order valence-electron chi connectivity index (χ1n) is 9.63. The van der Waals surface area contributed by atoms with Gasteiger partial charge in [0.05, 0.1) is 5.69 Å². The van der Waals surface area contributed by atoms with Crippen molar-refractivity contribution in [3.8, 4) is 11.4 Å². The summed E-state index contributed by atoms with van der Waals surface area (Å²) in [7, 11) is 0. The Balaban J connectivity index is 1.37. The first-order valence-corrected chi connectivity index (χ1v) is 10.0. The zero-order chi connectivity index (χ0) is 21.7. The molecule has 10 heteroatoms. The van der Waals surface area contributed by atoms with Crippen molar-refractivity contribution in [1.29, 1.82) is 0 Å². The standard InChI is InChI=1S/C21H17ClN6O3/c1-11-6-7-15(8-12(11)2)28-20(29)17-18(21(28)30)27(26-24-17)10-16-23-19(25-31-16)13-4-3-5-14(22)9-13/h3-9,17-18H,10H2,1-2H3/t17-,18+/m1/s1. The van der Waals surface area contributed by atoms with E-state index in [1.165, 1.54) is 9.91 Å². The fourth-order valence-electron chi connectivity index (χ4n) is 3.68. The molecule has 2 aromatic carbocycles. The largest absolute Gasteiger partial charge is 0.337 e. The summed E-state index contributed by atoms with van der Waals surface area (Å²) in [6.45, 7) is 3.96. The normalized spacial score (nSPS) is 20.1. The third-order valence-corrected chi connectivity index (χ3v) is 5.69. The molecule has 156 valence electrons. The van der Waals surface area contributed by atoms with Crippen LogP contribution >= 0.6 is 11.6 Å². The Hall–Kier alpha value is -3.59. The Bertz CT molecular complexity index is 1240. The first kappa shape index (κ1) is 19.4. The average Bonchev–Trinajstić information content (AvgIpc) is 3.43. The summed E-state index contributed by atoms with van der Waals surface area (Å²) in [5.41, 5.74) is 3.31. The van der Waals surface area contributed by atoms with Gasteiger partial charge in [-0.1, -0.05) is 40.2 Å². The lowest BCUT2D eigenvalue weighted by Crippen LogP contribution is -2.39. The van der Waals surface area contributed by atoms with Crippen LogP contribution in [0.25, 0.3) is 11.4 Å². The van der Waals surface area contributed by atoms with Crippen LogP contribution in [0.5, 0.6) is 0 Å². The number of benzene rings is 2. The molecule has 0 unspecified atom stereocenters. The van der Waals surface area contributed by atoms with Crippen LogP contribution < -0.4 is 4.90 Å². The van der Waals surface area contributed by atoms with Crippen molar-refractivity contribution in [3.05, 3.63) is 64.5 Å². The van der Waals surface area contributed by atoms with Crippen molar-refractivity contribution in [2.24, 2.45) is 10.3 Å². The van der Waals surface area contributed by atoms with Crippen LogP contribution in [-0.2, 0) is 16.1 Å². The van der Waals surface area contributed by atoms with Crippen LogP contribution in [0.3, 0.4) is 0 Å². The number of hydrogen-bond acceptors (Lipinski definition) is 8. The van der Waals surface area contributed by atoms with E-state index in [9.17, 15) is 9.59 Å². The molecule has 0 radical (unpaired) electrons. The monoisotopic (exact) mass is 436 g/mol. The zero-order valence-corrected chi connectivity index (χ0v) is 17.4. The maximum Gasteiger partial charge on any atom is 0.263 e. The van der Waals surface area contributed by atoms with Gasteiger partial charge in [0.2, 0.25) is 11.7 Å². The fraction of sp³-hybridized carbons (Fsp3) is 0.238. The molecule has 2 aliphatic rings. The molecule has 2 aliphatic heterocycles. The predicted octanol–water partition coefficient (Wildman–Crippen LogP) is 3.50. The summed E-state index contributed by atoms with van der Waals surface area (Å²) in [6, 6.07) is 10.8. The van der Waals surface area contributed by atoms with Gasteiger partial charge in [-0.15, -0.1) is 0 Å². The topological polar surface area (TPSA) is 104 Å². The van der Waals surface area contributed by atoms with E-state index in [0.29, 0.717) is 22.1 Å². The van der Waals surface area contributed by atoms with Crippen molar-refractivity contribution in [2.45, 2.75) is 32.5 Å². The molecule has 0 bridgehead atoms. The van der Waals surface area contributed by atoms with Gasteiger partial charge in [0.1, 0.15) is 6.54 Å². The van der Waals surface area contributed by atoms with Gasteiger partial charge in [0.25, 0.3) is 11.8 Å². The Morgan fingerprint density at radius 2 is 1.90 bits per heavy atom. The van der Waals surface area contributed by atoms with Crippen molar-refractivity contribution in [1.82, 2.24) is 15.1 Å². The molecule has 3 aromatic rings. The van der Waals surface area contributed by atoms with Crippen LogP contribution in [0.1, 0.15) is 17.0 Å². The van der Waals surface area contributed by atoms with E-state index in [2.05, 4.69) is 20.5 Å². The van der Waals surface area contributed by atoms with Crippen molar-refractivity contribution in [2.75, 3.05) is 4.90 Å². The third-order valence-electron chi connectivity index (χ3n) is 5.45. The average molecular weight is 437 g/mol. The molecule has 2 atom stereocenters. The molecule has 5 rings (SSSR count). The summed E-state index contributed by atoms with van der Waals surface area (Å²) in [4.78, 5) is 31.5. The molecule has 0 saturated carbocycles. The molecule has 0 N–H and O–H groups in total. The number of aromatic nitrogens is 2. The van der Waals surface area contributed by atoms with E-state index in [1.54, 1.807) is 24.3 Å². The van der Waals surface area contributed by atoms with E-state index < -0.39 is 18.0 Å². The number of carbonyl (C=O) groups is 2. The van der Waals surface area contributed by atoms with Crippen molar-refractivity contribution in [3.63, 3.8) is 0 Å². The molecular formula is C21H17ClN6O3. The number of hydrogen-bond donors (Lipinski definition) is 0. The number of amides is 2. The zero-order valence-electron chi connectivity index (χ0n) is 16.7. The molecule has 0 aliphatic carbocycles. The lowest BCUT2D eigenvalue weighted by Gasteiger charge is -2.19. The van der Waals surface area contributed by atoms with Crippen LogP contribution in [0.4, 0.5) is 5.69 Å². The van der Waals surface area contributed by atoms with Gasteiger partial charge in [-0.05, 0) is 49.2 Å². The highest BCUT2D eigenvalue weighted by molar-refractivity contribution is 6.30. The Morgan fingerprint density at radius 3 is 2.68 bits per heavy atom. The minimum atomic E-state index is -0.885. The number of rotatable bonds is 4. The highest BCUT2D eigenvalue weighted by Crippen LogP contribution is 2.33. The highest BCUT2D eigenvalue weighted by atomic mass is 35.5. The third kappa shape index (κ3) is 3.27. The van der Waals surface area contributed by atoms with Gasteiger partial charge in [0.15, 0.2) is 12.1 Å². The number of aryl methyl sites for hydroxylation is 2. The first-order chi connectivity index (χ1) is 14.9. The van der Waals surface area contributed by atoms with Gasteiger partial charge in [0, 0.05) is 10.6 Å². The predicted molar refractivity (Wildman–Crippen MR) is 111 cm³/mol. The smallest absolute Gasteiger partial charge is 0.263 e. The lowest BCUT2D eigenvalue weighted by atomic mass is 10.1. The molecule has 9 nitrogen and oxygen atoms in total. The van der Waals surface area contributed by atoms with Crippen LogP contribution in [-0.4, -0.2) is 39.0 Å². The number of fused-ring (bicyclic) bond motifs is 1. The molecule has 1 aromatic heterocycles. The summed E-state index contributed by atoms with van der Waals surface area (Å²) in [5, 5.41) is 14.0. The second-order valence-corrected chi connectivity index (χ2v) is 7.93. The lowest BCUT2D eigenvalue weighted by molar-refractivity contribution is -0.123. The molecule has 31 heavy (non-hydrogen) atoms. The molecule has 1 saturated heterocycles. The Morgan fingerprint density at radius 1 is 1.06 bits per heavy atom. The summed E-state index contributed by atoms with van der Waals surface area (Å²) < 4.78 is 5.31. The second-order valence-electron chi connectivity index (χ2n) is 7.49. The Labute approximate surface area is 182 Å². The van der Waals surface area contributed by atoms with Crippen LogP contribution in [0.2, 0.25) is 5.02 Å². The molecule has 2 amide bonds. The van der Waals surface area contributed by atoms with Crippen molar-refractivity contribution >= 4 is 29.1 Å². The van der Waals surface area contributed by atoms with Gasteiger partial charge in [-0.2, -0.15) is 10.1 Å². The van der Waals surface area contributed by atoms with Crippen LogP contribution in [0, 0.1) is 13.8 Å². The Kier molecular flexibility index (Phi) is 4.55. The minimum absolute atomic E-state index is 0.0536. The molecular weight excluding hydrogens is 420 g/mol. The fourth-order valence-corrected chi connectivity index (χ4v) is 3.87. The minimum Gasteiger partial charge on any atom is -0.337 e. The second kappa shape index (κ2) is 7.28. The SMILES string of the molecule is Cc1ccc(N2C(=O)[C@@H]3[C@@H](N=NN3Cc3nc(-c4cccc(Cl)c4)no3)C2=O)cc1C. The van der Waals surface area contributed by atoms with Crippen molar-refractivity contribution < 1.29 is 14.1 Å². The summed E-state index contributed by atoms with van der Waals surface area (Å²) in [5.74, 6) is -0.150. The van der Waals surface area contributed by atoms with E-state index >= 15 is 0 Å². The van der Waals surface area contributed by atoms with E-state index in [-0.39, 0.29) is 18.3 Å². The van der Waals surface area contributed by atoms with Gasteiger partial charge >= 0.3 is 0 Å². The summed E-state index contributed by atoms with van der Waals surface area (Å²) in [6.07, 6.45) is 0. The van der Waals surface area contributed by atoms with Crippen LogP contribution in [0.15, 0.2) is 57.3 Å². The van der Waals surface area contributed by atoms with Gasteiger partial charge in [-0.25, -0.2) is 4.90 Å². The van der Waals surface area contributed by atoms with E-state index in [1.807, 2.05) is 32.0 Å². The molecule has 0 spiro atoms. The summed E-state index contributed by atoms with van der Waals surface area (Å²) >= 11 is 6.02. The van der Waals surface area contributed by atoms with Gasteiger partial charge < -0.3 is 4.52 Å². The number of nitrogens with zero attached hydrogens (tertiary/aromatic N) is 6. The number of carbonyl (C=O) groups excluding carboxylic acids is 2. The van der Waals surface area contributed by atoms with E-state index in [0.717, 1.165) is 11.1 Å². The maximum absolute atomic E-state index is 13.1. The highest BCUT2D eigenvalue weighted by Gasteiger charge is 2.55. The number of halogens is 1. The van der Waals surface area contributed by atoms with E-state index in [4.69, 9.17) is 16.1 Å². The molecule has 3 heterocycles. The number of anilines is 1. The molecule has 1 fully saturated rings. The van der Waals surface area contributed by atoms with Gasteiger partial charge in [-0.3, -0.25) is 14.6 Å². The number of imide groups is 1. The maximum atomic E-state index is 13.1.